The Balaban J connectivity index is 1.85. The lowest BCUT2D eigenvalue weighted by Gasteiger charge is -2.22. The molecule has 2 atom stereocenters. The van der Waals surface area contributed by atoms with Crippen molar-refractivity contribution < 1.29 is 5.11 Å². The summed E-state index contributed by atoms with van der Waals surface area (Å²) in [7, 11) is 0. The number of aliphatic hydroxyl groups is 1. The molecule has 2 N–H and O–H groups in total. The number of benzene rings is 3. The van der Waals surface area contributed by atoms with E-state index in [2.05, 4.69) is 29.6 Å². The van der Waals surface area contributed by atoms with Crippen molar-refractivity contribution in [3.63, 3.8) is 0 Å². The molecular formula is C19H19NO. The summed E-state index contributed by atoms with van der Waals surface area (Å²) in [6.07, 6.45) is -0.537. The summed E-state index contributed by atoms with van der Waals surface area (Å²) in [5.74, 6) is 0. The van der Waals surface area contributed by atoms with E-state index in [0.29, 0.717) is 0 Å². The van der Waals surface area contributed by atoms with E-state index < -0.39 is 6.10 Å². The van der Waals surface area contributed by atoms with Gasteiger partial charge in [-0.25, -0.2) is 0 Å². The lowest BCUT2D eigenvalue weighted by Crippen LogP contribution is -2.24. The summed E-state index contributed by atoms with van der Waals surface area (Å²) in [4.78, 5) is 0. The molecule has 106 valence electrons. The predicted octanol–water partition coefficient (Wildman–Crippen LogP) is 4.37. The van der Waals surface area contributed by atoms with E-state index in [4.69, 9.17) is 0 Å². The van der Waals surface area contributed by atoms with E-state index in [1.807, 2.05) is 55.5 Å². The minimum Gasteiger partial charge on any atom is -0.386 e. The van der Waals surface area contributed by atoms with Crippen molar-refractivity contribution in [1.29, 1.82) is 0 Å². The molecule has 0 aliphatic heterocycles. The number of rotatable bonds is 4. The number of fused-ring (bicyclic) bond motifs is 1. The van der Waals surface area contributed by atoms with Crippen LogP contribution < -0.4 is 5.32 Å². The van der Waals surface area contributed by atoms with E-state index in [-0.39, 0.29) is 6.04 Å². The molecule has 3 rings (SSSR count). The van der Waals surface area contributed by atoms with Crippen molar-refractivity contribution in [3.05, 3.63) is 78.4 Å². The molecule has 3 aromatic carbocycles. The number of nitrogens with one attached hydrogen (secondary N) is 1. The summed E-state index contributed by atoms with van der Waals surface area (Å²) in [6, 6.07) is 24.1. The highest BCUT2D eigenvalue weighted by Gasteiger charge is 2.16. The van der Waals surface area contributed by atoms with Crippen molar-refractivity contribution in [2.45, 2.75) is 19.1 Å². The maximum absolute atomic E-state index is 10.5. The zero-order valence-electron chi connectivity index (χ0n) is 12.0. The van der Waals surface area contributed by atoms with E-state index in [0.717, 1.165) is 11.3 Å². The van der Waals surface area contributed by atoms with Gasteiger partial charge in [-0.15, -0.1) is 0 Å². The van der Waals surface area contributed by atoms with Crippen molar-refractivity contribution in [2.24, 2.45) is 0 Å². The number of hydrogen-bond donors (Lipinski definition) is 2. The fourth-order valence-electron chi connectivity index (χ4n) is 2.61. The zero-order chi connectivity index (χ0) is 14.7. The van der Waals surface area contributed by atoms with Crippen molar-refractivity contribution in [2.75, 3.05) is 5.32 Å². The highest BCUT2D eigenvalue weighted by atomic mass is 16.3. The van der Waals surface area contributed by atoms with Gasteiger partial charge in [0.1, 0.15) is 0 Å². The van der Waals surface area contributed by atoms with Crippen LogP contribution in [0.4, 0.5) is 5.69 Å². The van der Waals surface area contributed by atoms with Crippen LogP contribution in [-0.2, 0) is 0 Å². The SMILES string of the molecule is CC(Nc1cccc2ccccc12)C(O)c1ccccc1. The van der Waals surface area contributed by atoms with Crippen molar-refractivity contribution in [1.82, 2.24) is 0 Å². The predicted molar refractivity (Wildman–Crippen MR) is 88.4 cm³/mol. The first kappa shape index (κ1) is 13.7. The fourth-order valence-corrected chi connectivity index (χ4v) is 2.61. The molecule has 0 amide bonds. The lowest BCUT2D eigenvalue weighted by molar-refractivity contribution is 0.161. The van der Waals surface area contributed by atoms with Crippen LogP contribution in [0.1, 0.15) is 18.6 Å². The molecule has 0 spiro atoms. The topological polar surface area (TPSA) is 32.3 Å². The van der Waals surface area contributed by atoms with Gasteiger partial charge < -0.3 is 10.4 Å². The van der Waals surface area contributed by atoms with Gasteiger partial charge in [0.15, 0.2) is 0 Å². The van der Waals surface area contributed by atoms with Gasteiger partial charge in [0.05, 0.1) is 12.1 Å². The molecule has 2 nitrogen and oxygen atoms in total. The Bertz CT molecular complexity index is 718. The number of aliphatic hydroxyl groups excluding tert-OH is 1. The summed E-state index contributed by atoms with van der Waals surface area (Å²) in [5, 5.41) is 16.3. The van der Waals surface area contributed by atoms with Gasteiger partial charge in [0.2, 0.25) is 0 Å². The van der Waals surface area contributed by atoms with Gasteiger partial charge in [0, 0.05) is 11.1 Å². The molecule has 2 unspecified atom stereocenters. The average Bonchev–Trinajstić information content (AvgIpc) is 2.55. The summed E-state index contributed by atoms with van der Waals surface area (Å²) < 4.78 is 0. The Morgan fingerprint density at radius 1 is 0.810 bits per heavy atom. The first-order valence-corrected chi connectivity index (χ1v) is 7.23. The Morgan fingerprint density at radius 2 is 1.48 bits per heavy atom. The molecule has 0 heterocycles. The molecule has 0 aromatic heterocycles. The standard InChI is InChI=1S/C19H19NO/c1-14(19(21)16-9-3-2-4-10-16)20-18-13-7-11-15-8-5-6-12-17(15)18/h2-14,19-21H,1H3. The van der Waals surface area contributed by atoms with Gasteiger partial charge in [-0.1, -0.05) is 66.7 Å². The van der Waals surface area contributed by atoms with Crippen LogP contribution in [0.15, 0.2) is 72.8 Å². The first-order valence-electron chi connectivity index (χ1n) is 7.23. The van der Waals surface area contributed by atoms with Crippen LogP contribution in [0.5, 0.6) is 0 Å². The van der Waals surface area contributed by atoms with Crippen molar-refractivity contribution >= 4 is 16.5 Å². The summed E-state index contributed by atoms with van der Waals surface area (Å²) in [5.41, 5.74) is 1.98. The highest BCUT2D eigenvalue weighted by Crippen LogP contribution is 2.26. The maximum Gasteiger partial charge on any atom is 0.0988 e. The smallest absolute Gasteiger partial charge is 0.0988 e. The second-order valence-corrected chi connectivity index (χ2v) is 5.32. The van der Waals surface area contributed by atoms with E-state index >= 15 is 0 Å². The third-order valence-corrected chi connectivity index (χ3v) is 3.79. The third-order valence-electron chi connectivity index (χ3n) is 3.79. The fraction of sp³-hybridized carbons (Fsp3) is 0.158. The molecule has 2 heteroatoms. The molecule has 0 fully saturated rings. The monoisotopic (exact) mass is 277 g/mol. The third kappa shape index (κ3) is 2.91. The van der Waals surface area contributed by atoms with Gasteiger partial charge in [-0.3, -0.25) is 0 Å². The Labute approximate surface area is 125 Å². The second kappa shape index (κ2) is 5.98. The van der Waals surface area contributed by atoms with Crippen LogP contribution in [0, 0.1) is 0 Å². The number of hydrogen-bond acceptors (Lipinski definition) is 2. The quantitative estimate of drug-likeness (QED) is 0.742. The Hall–Kier alpha value is -2.32. The molecule has 0 bridgehead atoms. The summed E-state index contributed by atoms with van der Waals surface area (Å²) >= 11 is 0. The molecule has 0 aliphatic carbocycles. The van der Waals surface area contributed by atoms with Gasteiger partial charge in [-0.2, -0.15) is 0 Å². The zero-order valence-corrected chi connectivity index (χ0v) is 12.0. The normalized spacial score (nSPS) is 13.8. The highest BCUT2D eigenvalue weighted by molar-refractivity contribution is 5.93. The van der Waals surface area contributed by atoms with Crippen LogP contribution in [0.25, 0.3) is 10.8 Å². The van der Waals surface area contributed by atoms with Gasteiger partial charge in [-0.05, 0) is 23.9 Å². The number of anilines is 1. The molecular weight excluding hydrogens is 258 g/mol. The molecule has 3 aromatic rings. The molecule has 0 radical (unpaired) electrons. The largest absolute Gasteiger partial charge is 0.386 e. The van der Waals surface area contributed by atoms with Crippen LogP contribution >= 0.6 is 0 Å². The molecule has 0 saturated heterocycles. The maximum atomic E-state index is 10.5. The van der Waals surface area contributed by atoms with Crippen LogP contribution in [0.2, 0.25) is 0 Å². The minimum absolute atomic E-state index is 0.0711. The Morgan fingerprint density at radius 3 is 2.29 bits per heavy atom. The van der Waals surface area contributed by atoms with Crippen LogP contribution in [0.3, 0.4) is 0 Å². The van der Waals surface area contributed by atoms with Gasteiger partial charge >= 0.3 is 0 Å². The van der Waals surface area contributed by atoms with Crippen LogP contribution in [-0.4, -0.2) is 11.1 Å². The Kier molecular flexibility index (Phi) is 3.89. The minimum atomic E-state index is -0.537. The van der Waals surface area contributed by atoms with Crippen molar-refractivity contribution in [3.8, 4) is 0 Å². The van der Waals surface area contributed by atoms with E-state index in [9.17, 15) is 5.11 Å². The van der Waals surface area contributed by atoms with E-state index in [1.54, 1.807) is 0 Å². The second-order valence-electron chi connectivity index (χ2n) is 5.32. The average molecular weight is 277 g/mol. The first-order chi connectivity index (χ1) is 10.3. The molecule has 0 aliphatic rings. The molecule has 0 saturated carbocycles. The lowest BCUT2D eigenvalue weighted by atomic mass is 10.0. The molecule has 21 heavy (non-hydrogen) atoms. The van der Waals surface area contributed by atoms with Gasteiger partial charge in [0.25, 0.3) is 0 Å². The van der Waals surface area contributed by atoms with E-state index in [1.165, 1.54) is 10.8 Å². The summed E-state index contributed by atoms with van der Waals surface area (Å²) in [6.45, 7) is 2.00.